The van der Waals surface area contributed by atoms with Gasteiger partial charge in [-0.05, 0) is 71.6 Å². The Hall–Kier alpha value is -2.24. The van der Waals surface area contributed by atoms with Gasteiger partial charge in [0.2, 0.25) is 0 Å². The van der Waals surface area contributed by atoms with Crippen molar-refractivity contribution in [3.05, 3.63) is 23.8 Å². The highest BCUT2D eigenvalue weighted by atomic mass is 16.2. The quantitative estimate of drug-likeness (QED) is 0.726. The zero-order valence-corrected chi connectivity index (χ0v) is 17.3. The predicted molar refractivity (Wildman–Crippen MR) is 112 cm³/mol. The van der Waals surface area contributed by atoms with Gasteiger partial charge in [0, 0.05) is 36.0 Å². The number of hydrogen-bond acceptors (Lipinski definition) is 3. The molecule has 6 nitrogen and oxygen atoms in total. The number of nitrogens with zero attached hydrogens (tertiary/aromatic N) is 1. The van der Waals surface area contributed by atoms with Gasteiger partial charge in [0.1, 0.15) is 0 Å². The molecule has 3 amide bonds. The number of urea groups is 1. The summed E-state index contributed by atoms with van der Waals surface area (Å²) in [6.07, 6.45) is 4.38. The minimum atomic E-state index is -0.325. The first-order valence-corrected chi connectivity index (χ1v) is 9.98. The van der Waals surface area contributed by atoms with Gasteiger partial charge in [-0.15, -0.1) is 0 Å². The van der Waals surface area contributed by atoms with Crippen LogP contribution in [-0.4, -0.2) is 36.6 Å². The van der Waals surface area contributed by atoms with Crippen molar-refractivity contribution in [2.45, 2.75) is 71.9 Å². The van der Waals surface area contributed by atoms with Gasteiger partial charge >= 0.3 is 6.03 Å². The maximum atomic E-state index is 12.9. The highest BCUT2D eigenvalue weighted by Gasteiger charge is 2.21. The second-order valence-corrected chi connectivity index (χ2v) is 8.39. The Morgan fingerprint density at radius 3 is 2.41 bits per heavy atom. The van der Waals surface area contributed by atoms with Crippen LogP contribution in [0.4, 0.5) is 16.2 Å². The van der Waals surface area contributed by atoms with Crippen molar-refractivity contribution < 1.29 is 9.59 Å². The van der Waals surface area contributed by atoms with E-state index in [2.05, 4.69) is 20.9 Å². The molecule has 0 aromatic heterocycles. The van der Waals surface area contributed by atoms with Crippen molar-refractivity contribution in [1.29, 1.82) is 0 Å². The Bertz CT molecular complexity index is 661. The highest BCUT2D eigenvalue weighted by Crippen LogP contribution is 2.27. The van der Waals surface area contributed by atoms with Gasteiger partial charge in [0.25, 0.3) is 5.91 Å². The van der Waals surface area contributed by atoms with Gasteiger partial charge in [-0.2, -0.15) is 0 Å². The zero-order chi connectivity index (χ0) is 20.0. The maximum absolute atomic E-state index is 12.9. The van der Waals surface area contributed by atoms with Crippen LogP contribution in [0.1, 0.15) is 70.7 Å². The minimum Gasteiger partial charge on any atom is -0.371 e. The number of rotatable bonds is 5. The summed E-state index contributed by atoms with van der Waals surface area (Å²) in [5, 5.41) is 8.77. The van der Waals surface area contributed by atoms with E-state index in [9.17, 15) is 9.59 Å². The van der Waals surface area contributed by atoms with Crippen LogP contribution in [0.3, 0.4) is 0 Å². The van der Waals surface area contributed by atoms with Crippen LogP contribution in [0.25, 0.3) is 0 Å². The molecule has 0 unspecified atom stereocenters. The van der Waals surface area contributed by atoms with Gasteiger partial charge < -0.3 is 20.9 Å². The molecule has 1 saturated heterocycles. The Balaban J connectivity index is 2.26. The zero-order valence-electron chi connectivity index (χ0n) is 17.3. The molecule has 1 aliphatic heterocycles. The van der Waals surface area contributed by atoms with Crippen LogP contribution in [0.5, 0.6) is 0 Å². The lowest BCUT2D eigenvalue weighted by Crippen LogP contribution is -2.43. The first-order chi connectivity index (χ1) is 12.7. The molecule has 0 bridgehead atoms. The van der Waals surface area contributed by atoms with E-state index in [0.29, 0.717) is 11.3 Å². The number of piperidine rings is 1. The van der Waals surface area contributed by atoms with Crippen molar-refractivity contribution in [2.24, 2.45) is 0 Å². The summed E-state index contributed by atoms with van der Waals surface area (Å²) >= 11 is 0. The molecule has 2 rings (SSSR count). The third-order valence-corrected chi connectivity index (χ3v) is 4.67. The summed E-state index contributed by atoms with van der Waals surface area (Å²) in [5.41, 5.74) is 1.85. The third kappa shape index (κ3) is 6.45. The third-order valence-electron chi connectivity index (χ3n) is 4.67. The normalized spacial score (nSPS) is 15.8. The van der Waals surface area contributed by atoms with Crippen molar-refractivity contribution in [2.75, 3.05) is 23.3 Å². The van der Waals surface area contributed by atoms with Gasteiger partial charge in [-0.1, -0.05) is 6.92 Å². The molecule has 6 heteroatoms. The average molecular weight is 375 g/mol. The van der Waals surface area contributed by atoms with Gasteiger partial charge in [-0.25, -0.2) is 4.79 Å². The fourth-order valence-electron chi connectivity index (χ4n) is 3.11. The molecule has 1 fully saturated rings. The Morgan fingerprint density at radius 1 is 1.15 bits per heavy atom. The summed E-state index contributed by atoms with van der Waals surface area (Å²) in [6, 6.07) is 5.42. The van der Waals surface area contributed by atoms with Gasteiger partial charge in [-0.3, -0.25) is 4.79 Å². The second kappa shape index (κ2) is 9.11. The van der Waals surface area contributed by atoms with Gasteiger partial charge in [0.15, 0.2) is 0 Å². The van der Waals surface area contributed by atoms with E-state index in [-0.39, 0.29) is 23.5 Å². The van der Waals surface area contributed by atoms with Crippen LogP contribution in [-0.2, 0) is 0 Å². The van der Waals surface area contributed by atoms with Crippen molar-refractivity contribution >= 4 is 23.3 Å². The molecular weight excluding hydrogens is 340 g/mol. The molecule has 0 saturated carbocycles. The first kappa shape index (κ1) is 21.1. The van der Waals surface area contributed by atoms with Crippen LogP contribution in [0.15, 0.2) is 18.2 Å². The van der Waals surface area contributed by atoms with Crippen LogP contribution in [0, 0.1) is 0 Å². The number of benzene rings is 1. The fourth-order valence-corrected chi connectivity index (χ4v) is 3.11. The van der Waals surface area contributed by atoms with E-state index < -0.39 is 0 Å². The van der Waals surface area contributed by atoms with Crippen LogP contribution < -0.4 is 20.9 Å². The molecule has 150 valence electrons. The van der Waals surface area contributed by atoms with E-state index in [4.69, 9.17) is 0 Å². The number of carbonyl (C=O) groups excluding carboxylic acids is 2. The second-order valence-electron chi connectivity index (χ2n) is 8.39. The molecule has 1 atom stereocenters. The van der Waals surface area contributed by atoms with Crippen LogP contribution in [0.2, 0.25) is 0 Å². The average Bonchev–Trinajstić information content (AvgIpc) is 2.60. The lowest BCUT2D eigenvalue weighted by atomic mass is 10.1. The predicted octanol–water partition coefficient (Wildman–Crippen LogP) is 4.13. The van der Waals surface area contributed by atoms with Crippen molar-refractivity contribution in [3.8, 4) is 0 Å². The monoisotopic (exact) mass is 374 g/mol. The first-order valence-electron chi connectivity index (χ1n) is 9.98. The van der Waals surface area contributed by atoms with E-state index in [1.165, 1.54) is 6.42 Å². The van der Waals surface area contributed by atoms with Crippen molar-refractivity contribution in [3.63, 3.8) is 0 Å². The van der Waals surface area contributed by atoms with E-state index >= 15 is 0 Å². The largest absolute Gasteiger partial charge is 0.371 e. The summed E-state index contributed by atoms with van der Waals surface area (Å²) in [4.78, 5) is 27.3. The Morgan fingerprint density at radius 2 is 1.81 bits per heavy atom. The summed E-state index contributed by atoms with van der Waals surface area (Å²) < 4.78 is 0. The lowest BCUT2D eigenvalue weighted by molar-refractivity contribution is 0.0939. The molecule has 0 spiro atoms. The molecular formula is C21H34N4O2. The van der Waals surface area contributed by atoms with E-state index in [1.54, 1.807) is 6.07 Å². The molecule has 0 radical (unpaired) electrons. The highest BCUT2D eigenvalue weighted by molar-refractivity contribution is 6.02. The number of hydrogen-bond donors (Lipinski definition) is 3. The molecule has 1 aromatic carbocycles. The lowest BCUT2D eigenvalue weighted by Gasteiger charge is -2.31. The molecule has 27 heavy (non-hydrogen) atoms. The minimum absolute atomic E-state index is 0.0928. The SMILES string of the molecule is CC[C@@H](C)NC(=O)c1cc(NC(=O)NC(C)(C)C)ccc1N1CCCCC1. The Labute approximate surface area is 163 Å². The molecule has 1 aromatic rings. The Kier molecular flexibility index (Phi) is 7.11. The summed E-state index contributed by atoms with van der Waals surface area (Å²) in [6.45, 7) is 11.7. The molecule has 3 N–H and O–H groups in total. The number of nitrogens with one attached hydrogen (secondary N) is 3. The number of anilines is 2. The maximum Gasteiger partial charge on any atom is 0.319 e. The standard InChI is InChI=1S/C21H34N4O2/c1-6-15(2)22-19(26)17-14-16(23-20(27)24-21(3,4)5)10-11-18(17)25-12-8-7-9-13-25/h10-11,14-15H,6-9,12-13H2,1-5H3,(H,22,26)(H2,23,24,27)/t15-/m1/s1. The summed E-state index contributed by atoms with van der Waals surface area (Å²) in [7, 11) is 0. The molecule has 1 aliphatic rings. The topological polar surface area (TPSA) is 73.5 Å². The molecule has 1 heterocycles. The smallest absolute Gasteiger partial charge is 0.319 e. The number of carbonyl (C=O) groups is 2. The summed E-state index contributed by atoms with van der Waals surface area (Å²) in [5.74, 6) is -0.0928. The van der Waals surface area contributed by atoms with Crippen LogP contribution >= 0.6 is 0 Å². The number of amides is 3. The van der Waals surface area contributed by atoms with E-state index in [0.717, 1.165) is 38.0 Å². The van der Waals surface area contributed by atoms with Gasteiger partial charge in [0.05, 0.1) is 5.56 Å². The molecule has 0 aliphatic carbocycles. The fraction of sp³-hybridized carbons (Fsp3) is 0.619. The van der Waals surface area contributed by atoms with Crippen molar-refractivity contribution in [1.82, 2.24) is 10.6 Å². The van der Waals surface area contributed by atoms with E-state index in [1.807, 2.05) is 46.8 Å².